The lowest BCUT2D eigenvalue weighted by atomic mass is 10.3. The van der Waals surface area contributed by atoms with Gasteiger partial charge in [-0.25, -0.2) is 0 Å². The first-order chi connectivity index (χ1) is 9.79. The number of aromatic nitrogens is 2. The maximum atomic E-state index is 12.0. The third-order valence-electron chi connectivity index (χ3n) is 2.93. The minimum Gasteiger partial charge on any atom is -0.354 e. The molecule has 1 aromatic carbocycles. The number of H-pyrrole nitrogens is 1. The predicted molar refractivity (Wildman–Crippen MR) is 80.0 cm³/mol. The summed E-state index contributed by atoms with van der Waals surface area (Å²) in [7, 11) is 1.62. The first-order valence-corrected chi connectivity index (χ1v) is 7.03. The lowest BCUT2D eigenvalue weighted by Crippen LogP contribution is -2.18. The summed E-state index contributed by atoms with van der Waals surface area (Å²) in [6, 6.07) is 13.7. The summed E-state index contributed by atoms with van der Waals surface area (Å²) in [5, 5.41) is 2.66. The van der Waals surface area contributed by atoms with Gasteiger partial charge in [0.15, 0.2) is 0 Å². The van der Waals surface area contributed by atoms with Crippen LogP contribution in [0.3, 0.4) is 0 Å². The van der Waals surface area contributed by atoms with Gasteiger partial charge in [-0.3, -0.25) is 9.78 Å². The van der Waals surface area contributed by atoms with Crippen molar-refractivity contribution >= 4 is 28.7 Å². The van der Waals surface area contributed by atoms with Gasteiger partial charge in [-0.15, -0.1) is 0 Å². The van der Waals surface area contributed by atoms with E-state index in [9.17, 15) is 4.79 Å². The summed E-state index contributed by atoms with van der Waals surface area (Å²) >= 11 is 1.54. The van der Waals surface area contributed by atoms with Gasteiger partial charge in [0.2, 0.25) is 0 Å². The standard InChI is InChI=1S/C15H13N3OS/c1-16-15(19)13-14(20-10-6-3-2-4-7-10)12-11(18-13)8-5-9-17-12/h2-9,18H,1H3,(H,16,19). The van der Waals surface area contributed by atoms with Crippen LogP contribution in [0.4, 0.5) is 0 Å². The Morgan fingerprint density at radius 1 is 1.20 bits per heavy atom. The van der Waals surface area contributed by atoms with Gasteiger partial charge in [-0.2, -0.15) is 0 Å². The highest BCUT2D eigenvalue weighted by Gasteiger charge is 2.18. The number of pyridine rings is 1. The zero-order valence-corrected chi connectivity index (χ0v) is 11.7. The van der Waals surface area contributed by atoms with Crippen molar-refractivity contribution in [1.29, 1.82) is 0 Å². The highest BCUT2D eigenvalue weighted by Crippen LogP contribution is 2.35. The van der Waals surface area contributed by atoms with Crippen LogP contribution in [0.5, 0.6) is 0 Å². The number of nitrogens with zero attached hydrogens (tertiary/aromatic N) is 1. The molecule has 2 N–H and O–H groups in total. The Hall–Kier alpha value is -2.27. The molecular weight excluding hydrogens is 270 g/mol. The molecule has 0 unspecified atom stereocenters. The van der Waals surface area contributed by atoms with Gasteiger partial charge in [0.05, 0.1) is 10.4 Å². The van der Waals surface area contributed by atoms with E-state index in [4.69, 9.17) is 0 Å². The fourth-order valence-electron chi connectivity index (χ4n) is 1.99. The molecule has 0 fully saturated rings. The van der Waals surface area contributed by atoms with E-state index in [2.05, 4.69) is 15.3 Å². The molecule has 0 saturated heterocycles. The molecule has 0 aliphatic heterocycles. The van der Waals surface area contributed by atoms with Crippen molar-refractivity contribution in [2.24, 2.45) is 0 Å². The smallest absolute Gasteiger partial charge is 0.268 e. The third kappa shape index (κ3) is 2.28. The predicted octanol–water partition coefficient (Wildman–Crippen LogP) is 3.07. The van der Waals surface area contributed by atoms with Crippen molar-refractivity contribution in [3.63, 3.8) is 0 Å². The topological polar surface area (TPSA) is 57.8 Å². The van der Waals surface area contributed by atoms with Gasteiger partial charge >= 0.3 is 0 Å². The second-order valence-electron chi connectivity index (χ2n) is 4.22. The number of benzene rings is 1. The van der Waals surface area contributed by atoms with Gasteiger partial charge in [-0.1, -0.05) is 30.0 Å². The maximum Gasteiger partial charge on any atom is 0.268 e. The molecule has 4 nitrogen and oxygen atoms in total. The Kier molecular flexibility index (Phi) is 3.43. The second-order valence-corrected chi connectivity index (χ2v) is 5.31. The number of aromatic amines is 1. The summed E-state index contributed by atoms with van der Waals surface area (Å²) in [4.78, 5) is 21.5. The molecule has 0 saturated carbocycles. The highest BCUT2D eigenvalue weighted by molar-refractivity contribution is 7.99. The largest absolute Gasteiger partial charge is 0.354 e. The summed E-state index contributed by atoms with van der Waals surface area (Å²) in [6.45, 7) is 0. The van der Waals surface area contributed by atoms with Crippen molar-refractivity contribution in [3.05, 3.63) is 54.4 Å². The van der Waals surface area contributed by atoms with Gasteiger partial charge < -0.3 is 10.3 Å². The quantitative estimate of drug-likeness (QED) is 0.776. The molecule has 0 bridgehead atoms. The van der Waals surface area contributed by atoms with E-state index >= 15 is 0 Å². The molecule has 3 aromatic rings. The monoisotopic (exact) mass is 283 g/mol. The Morgan fingerprint density at radius 3 is 2.75 bits per heavy atom. The molecule has 2 aromatic heterocycles. The Morgan fingerprint density at radius 2 is 2.00 bits per heavy atom. The number of hydrogen-bond acceptors (Lipinski definition) is 3. The van der Waals surface area contributed by atoms with E-state index in [1.54, 1.807) is 13.2 Å². The molecule has 5 heteroatoms. The first kappa shape index (κ1) is 12.7. The number of amides is 1. The Bertz CT molecular complexity index is 752. The van der Waals surface area contributed by atoms with Gasteiger partial charge in [0, 0.05) is 18.1 Å². The van der Waals surface area contributed by atoms with Crippen molar-refractivity contribution in [3.8, 4) is 0 Å². The van der Waals surface area contributed by atoms with Crippen LogP contribution in [0.15, 0.2) is 58.5 Å². The molecule has 0 aliphatic rings. The zero-order chi connectivity index (χ0) is 13.9. The molecule has 3 rings (SSSR count). The van der Waals surface area contributed by atoms with E-state index in [0.29, 0.717) is 5.69 Å². The molecule has 1 amide bonds. The van der Waals surface area contributed by atoms with Crippen LogP contribution in [0, 0.1) is 0 Å². The van der Waals surface area contributed by atoms with E-state index in [1.807, 2.05) is 42.5 Å². The molecular formula is C15H13N3OS. The van der Waals surface area contributed by atoms with E-state index < -0.39 is 0 Å². The average molecular weight is 283 g/mol. The van der Waals surface area contributed by atoms with Crippen LogP contribution >= 0.6 is 11.8 Å². The van der Waals surface area contributed by atoms with Crippen LogP contribution < -0.4 is 5.32 Å². The van der Waals surface area contributed by atoms with Crippen LogP contribution in [0.2, 0.25) is 0 Å². The summed E-state index contributed by atoms with van der Waals surface area (Å²) in [6.07, 6.45) is 1.73. The maximum absolute atomic E-state index is 12.0. The van der Waals surface area contributed by atoms with Crippen LogP contribution in [-0.2, 0) is 0 Å². The molecule has 20 heavy (non-hydrogen) atoms. The molecule has 2 heterocycles. The highest BCUT2D eigenvalue weighted by atomic mass is 32.2. The summed E-state index contributed by atoms with van der Waals surface area (Å²) in [5.41, 5.74) is 2.24. The van der Waals surface area contributed by atoms with Crippen molar-refractivity contribution < 1.29 is 4.79 Å². The number of fused-ring (bicyclic) bond motifs is 1. The number of rotatable bonds is 3. The zero-order valence-electron chi connectivity index (χ0n) is 10.9. The third-order valence-corrected chi connectivity index (χ3v) is 4.04. The minimum atomic E-state index is -0.138. The van der Waals surface area contributed by atoms with Crippen LogP contribution in [0.1, 0.15) is 10.5 Å². The fraction of sp³-hybridized carbons (Fsp3) is 0.0667. The lowest BCUT2D eigenvalue weighted by Gasteiger charge is -2.03. The molecule has 0 atom stereocenters. The first-order valence-electron chi connectivity index (χ1n) is 6.21. The van der Waals surface area contributed by atoms with Gasteiger partial charge in [0.25, 0.3) is 5.91 Å². The number of nitrogens with one attached hydrogen (secondary N) is 2. The van der Waals surface area contributed by atoms with Crippen molar-refractivity contribution in [2.45, 2.75) is 9.79 Å². The van der Waals surface area contributed by atoms with Gasteiger partial charge in [-0.05, 0) is 24.3 Å². The van der Waals surface area contributed by atoms with Crippen molar-refractivity contribution in [1.82, 2.24) is 15.3 Å². The van der Waals surface area contributed by atoms with Crippen molar-refractivity contribution in [2.75, 3.05) is 7.05 Å². The fourth-order valence-corrected chi connectivity index (χ4v) is 3.02. The summed E-state index contributed by atoms with van der Waals surface area (Å²) in [5.74, 6) is -0.138. The lowest BCUT2D eigenvalue weighted by molar-refractivity contribution is 0.0956. The van der Waals surface area contributed by atoms with Gasteiger partial charge in [0.1, 0.15) is 11.2 Å². The SMILES string of the molecule is CNC(=O)c1[nH]c2cccnc2c1Sc1ccccc1. The normalized spacial score (nSPS) is 10.7. The van der Waals surface area contributed by atoms with Crippen LogP contribution in [-0.4, -0.2) is 22.9 Å². The summed E-state index contributed by atoms with van der Waals surface area (Å²) < 4.78 is 0. The number of hydrogen-bond donors (Lipinski definition) is 2. The van der Waals surface area contributed by atoms with E-state index in [0.717, 1.165) is 20.8 Å². The molecule has 100 valence electrons. The average Bonchev–Trinajstić information content (AvgIpc) is 2.86. The second kappa shape index (κ2) is 5.38. The van der Waals surface area contributed by atoms with E-state index in [-0.39, 0.29) is 5.91 Å². The number of carbonyl (C=O) groups is 1. The molecule has 0 spiro atoms. The Balaban J connectivity index is 2.13. The Labute approximate surface area is 120 Å². The molecule has 0 aliphatic carbocycles. The number of carbonyl (C=O) groups excluding carboxylic acids is 1. The molecule has 0 radical (unpaired) electrons. The minimum absolute atomic E-state index is 0.138. The van der Waals surface area contributed by atoms with Crippen LogP contribution in [0.25, 0.3) is 11.0 Å². The van der Waals surface area contributed by atoms with E-state index in [1.165, 1.54) is 11.8 Å².